The Hall–Kier alpha value is -3.25. The topological polar surface area (TPSA) is 29.4 Å². The number of nitrogens with zero attached hydrogens (tertiary/aromatic N) is 1. The number of Topliss-reactive ketones (excluding diaryl/α,β-unsaturated/α-hetero) is 1. The molecule has 30 heavy (non-hydrogen) atoms. The molecule has 0 heterocycles. The maximum absolute atomic E-state index is 15.0. The first kappa shape index (κ1) is 21.5. The van der Waals surface area contributed by atoms with Gasteiger partial charge in [-0.3, -0.25) is 9.79 Å². The van der Waals surface area contributed by atoms with Gasteiger partial charge >= 0.3 is 0 Å². The fourth-order valence-electron chi connectivity index (χ4n) is 3.60. The summed E-state index contributed by atoms with van der Waals surface area (Å²) in [7, 11) is 1.58. The van der Waals surface area contributed by atoms with Crippen molar-refractivity contribution >= 4 is 17.1 Å². The highest BCUT2D eigenvalue weighted by Gasteiger charge is 2.26. The van der Waals surface area contributed by atoms with Crippen molar-refractivity contribution in [1.82, 2.24) is 0 Å². The number of carbonyl (C=O) groups excluding carboxylic acids is 1. The van der Waals surface area contributed by atoms with Crippen LogP contribution in [0, 0.1) is 18.2 Å². The van der Waals surface area contributed by atoms with Crippen LogP contribution in [0.15, 0.2) is 66.2 Å². The first-order chi connectivity index (χ1) is 14.5. The zero-order valence-electron chi connectivity index (χ0n) is 17.5. The molecule has 0 N–H and O–H groups in total. The first-order valence-corrected chi connectivity index (χ1v) is 10.2. The summed E-state index contributed by atoms with van der Waals surface area (Å²) in [5.74, 6) is 2.48. The van der Waals surface area contributed by atoms with E-state index in [2.05, 4.69) is 17.5 Å². The minimum Gasteiger partial charge on any atom is -0.292 e. The number of benzene rings is 2. The van der Waals surface area contributed by atoms with Crippen molar-refractivity contribution < 1.29 is 9.18 Å². The van der Waals surface area contributed by atoms with Crippen LogP contribution in [-0.4, -0.2) is 18.5 Å². The SMILES string of the molecule is C#Cc1ccc(/C(=C/C(=N\C)C(=O)CC=C)[C@H](C)c2ccc(C3CC3)cc2F)cc1. The monoisotopic (exact) mass is 399 g/mol. The Bertz CT molecular complexity index is 1050. The van der Waals surface area contributed by atoms with Gasteiger partial charge in [0, 0.05) is 24.9 Å². The molecule has 2 nitrogen and oxygen atoms in total. The largest absolute Gasteiger partial charge is 0.292 e. The highest BCUT2D eigenvalue weighted by atomic mass is 19.1. The van der Waals surface area contributed by atoms with Crippen LogP contribution in [0.5, 0.6) is 0 Å². The number of hydrogen-bond donors (Lipinski definition) is 0. The molecule has 1 saturated carbocycles. The molecule has 0 amide bonds. The summed E-state index contributed by atoms with van der Waals surface area (Å²) in [4.78, 5) is 16.6. The van der Waals surface area contributed by atoms with E-state index in [0.717, 1.165) is 35.1 Å². The number of rotatable bonds is 8. The summed E-state index contributed by atoms with van der Waals surface area (Å²) in [6.07, 6.45) is 11.3. The Balaban J connectivity index is 2.05. The zero-order chi connectivity index (χ0) is 21.7. The molecule has 1 atom stereocenters. The first-order valence-electron chi connectivity index (χ1n) is 10.2. The molecule has 0 unspecified atom stereocenters. The van der Waals surface area contributed by atoms with E-state index in [4.69, 9.17) is 6.42 Å². The molecule has 3 rings (SSSR count). The Morgan fingerprint density at radius 3 is 2.53 bits per heavy atom. The van der Waals surface area contributed by atoms with E-state index >= 15 is 4.39 Å². The van der Waals surface area contributed by atoms with Crippen molar-refractivity contribution in [2.45, 2.75) is 38.0 Å². The molecule has 0 radical (unpaired) electrons. The lowest BCUT2D eigenvalue weighted by Crippen LogP contribution is -2.12. The second-order valence-corrected chi connectivity index (χ2v) is 7.62. The van der Waals surface area contributed by atoms with Gasteiger partial charge in [-0.15, -0.1) is 13.0 Å². The standard InChI is InChI=1S/C27H26FNO/c1-5-7-27(30)26(29-4)17-24(21-10-8-19(6-2)9-11-21)18(3)23-15-14-22(16-25(23)28)20-12-13-20/h2,5,8-11,14-18,20H,1,7,12-13H2,3-4H3/b24-17+,29-26+/t18-/m1/s1. The molecule has 1 fully saturated rings. The van der Waals surface area contributed by atoms with Crippen molar-refractivity contribution in [3.63, 3.8) is 0 Å². The molecule has 3 heteroatoms. The molecule has 0 aromatic heterocycles. The van der Waals surface area contributed by atoms with Gasteiger partial charge in [-0.25, -0.2) is 4.39 Å². The molecule has 2 aromatic rings. The summed E-state index contributed by atoms with van der Waals surface area (Å²) < 4.78 is 15.0. The van der Waals surface area contributed by atoms with Gasteiger partial charge in [-0.1, -0.05) is 43.2 Å². The Labute approximate surface area is 178 Å². The lowest BCUT2D eigenvalue weighted by Gasteiger charge is -2.19. The van der Waals surface area contributed by atoms with Gasteiger partial charge in [0.1, 0.15) is 11.5 Å². The Morgan fingerprint density at radius 2 is 2.00 bits per heavy atom. The minimum absolute atomic E-state index is 0.123. The molecule has 1 aliphatic rings. The van der Waals surface area contributed by atoms with Crippen LogP contribution in [0.1, 0.15) is 60.3 Å². The van der Waals surface area contributed by atoms with E-state index in [-0.39, 0.29) is 23.9 Å². The lowest BCUT2D eigenvalue weighted by molar-refractivity contribution is -0.112. The minimum atomic E-state index is -0.275. The van der Waals surface area contributed by atoms with Crippen LogP contribution in [0.25, 0.3) is 5.57 Å². The van der Waals surface area contributed by atoms with Crippen LogP contribution in [-0.2, 0) is 4.79 Å². The summed E-state index contributed by atoms with van der Waals surface area (Å²) in [6.45, 7) is 5.58. The number of allylic oxidation sites excluding steroid dienone is 3. The zero-order valence-corrected chi connectivity index (χ0v) is 17.5. The maximum atomic E-state index is 15.0. The van der Waals surface area contributed by atoms with E-state index in [9.17, 15) is 4.79 Å². The van der Waals surface area contributed by atoms with Crippen LogP contribution >= 0.6 is 0 Å². The number of halogens is 1. The van der Waals surface area contributed by atoms with Gasteiger partial charge in [0.2, 0.25) is 0 Å². The highest BCUT2D eigenvalue weighted by molar-refractivity contribution is 6.45. The normalized spacial score (nSPS) is 15.4. The van der Waals surface area contributed by atoms with Gasteiger partial charge < -0.3 is 0 Å². The fourth-order valence-corrected chi connectivity index (χ4v) is 3.60. The number of terminal acetylenes is 1. The molecular formula is C27H26FNO. The van der Waals surface area contributed by atoms with Crippen LogP contribution in [0.2, 0.25) is 0 Å². The molecule has 0 bridgehead atoms. The van der Waals surface area contributed by atoms with E-state index in [0.29, 0.717) is 17.2 Å². The molecule has 0 aliphatic heterocycles. The summed E-state index contributed by atoms with van der Waals surface area (Å²) in [6, 6.07) is 13.0. The average Bonchev–Trinajstić information content (AvgIpc) is 3.60. The summed E-state index contributed by atoms with van der Waals surface area (Å²) in [5, 5.41) is 0. The van der Waals surface area contributed by atoms with Crippen molar-refractivity contribution in [3.8, 4) is 12.3 Å². The smallest absolute Gasteiger partial charge is 0.184 e. The second kappa shape index (κ2) is 9.50. The molecule has 1 aliphatic carbocycles. The van der Waals surface area contributed by atoms with Crippen LogP contribution < -0.4 is 0 Å². The third kappa shape index (κ3) is 4.83. The van der Waals surface area contributed by atoms with E-state index in [1.54, 1.807) is 25.3 Å². The average molecular weight is 400 g/mol. The quantitative estimate of drug-likeness (QED) is 0.300. The lowest BCUT2D eigenvalue weighted by atomic mass is 9.85. The van der Waals surface area contributed by atoms with Crippen molar-refractivity contribution in [1.29, 1.82) is 0 Å². The Kier molecular flexibility index (Phi) is 6.79. The maximum Gasteiger partial charge on any atom is 0.184 e. The third-order valence-corrected chi connectivity index (χ3v) is 5.54. The predicted octanol–water partition coefficient (Wildman–Crippen LogP) is 6.09. The summed E-state index contributed by atoms with van der Waals surface area (Å²) in [5.41, 5.74) is 4.45. The van der Waals surface area contributed by atoms with Gasteiger partial charge in [-0.05, 0) is 65.3 Å². The van der Waals surface area contributed by atoms with Gasteiger partial charge in [-0.2, -0.15) is 0 Å². The molecule has 152 valence electrons. The number of hydrogen-bond acceptors (Lipinski definition) is 2. The van der Waals surface area contributed by atoms with Gasteiger partial charge in [0.15, 0.2) is 5.78 Å². The van der Waals surface area contributed by atoms with Crippen molar-refractivity contribution in [2.75, 3.05) is 7.05 Å². The second-order valence-electron chi connectivity index (χ2n) is 7.62. The van der Waals surface area contributed by atoms with Crippen LogP contribution in [0.3, 0.4) is 0 Å². The van der Waals surface area contributed by atoms with Crippen molar-refractivity contribution in [3.05, 3.63) is 89.3 Å². The van der Waals surface area contributed by atoms with E-state index in [1.165, 1.54) is 0 Å². The number of ketones is 1. The van der Waals surface area contributed by atoms with E-state index in [1.807, 2.05) is 43.3 Å². The number of aliphatic imine (C=N–C) groups is 1. The Morgan fingerprint density at radius 1 is 1.30 bits per heavy atom. The van der Waals surface area contributed by atoms with Crippen molar-refractivity contribution in [2.24, 2.45) is 4.99 Å². The fraction of sp³-hybridized carbons (Fsp3) is 0.259. The van der Waals surface area contributed by atoms with Gasteiger partial charge in [0.05, 0.1) is 0 Å². The molecule has 0 spiro atoms. The molecule has 2 aromatic carbocycles. The predicted molar refractivity (Wildman–Crippen MR) is 122 cm³/mol. The third-order valence-electron chi connectivity index (χ3n) is 5.54. The van der Waals surface area contributed by atoms with Crippen LogP contribution in [0.4, 0.5) is 4.39 Å². The van der Waals surface area contributed by atoms with E-state index < -0.39 is 0 Å². The van der Waals surface area contributed by atoms with Gasteiger partial charge in [0.25, 0.3) is 0 Å². The number of carbonyl (C=O) groups is 1. The molecule has 0 saturated heterocycles. The molecular weight excluding hydrogens is 373 g/mol. The summed E-state index contributed by atoms with van der Waals surface area (Å²) >= 11 is 0. The highest BCUT2D eigenvalue weighted by Crippen LogP contribution is 2.42.